The minimum absolute atomic E-state index is 0.136. The van der Waals surface area contributed by atoms with E-state index in [-0.39, 0.29) is 17.9 Å². The Morgan fingerprint density at radius 3 is 2.33 bits per heavy atom. The van der Waals surface area contributed by atoms with E-state index in [0.29, 0.717) is 19.5 Å². The van der Waals surface area contributed by atoms with Crippen LogP contribution in [0.25, 0.3) is 0 Å². The standard InChI is InChI=1S/C15H23N3O4S.C2HF3O2/c1-10-4-5-12(22-10)8-17-7-11-6-13(15(19)16-2)18(14(11)9-17)23(3,20)21;3-2(4,5)1(6)7/h4-5,11,13-14H,6-9H2,1-3H3,(H,16,19);(H,6,7)/t11-,13-,14+;/m1./s1. The minimum atomic E-state index is -5.08. The van der Waals surface area contributed by atoms with Gasteiger partial charge >= 0.3 is 12.1 Å². The predicted molar refractivity (Wildman–Crippen MR) is 98.8 cm³/mol. The van der Waals surface area contributed by atoms with Crippen molar-refractivity contribution in [1.29, 1.82) is 0 Å². The monoisotopic (exact) mass is 455 g/mol. The van der Waals surface area contributed by atoms with Crippen LogP contribution in [0.1, 0.15) is 17.9 Å². The summed E-state index contributed by atoms with van der Waals surface area (Å²) in [7, 11) is -1.89. The van der Waals surface area contributed by atoms with Gasteiger partial charge in [0.2, 0.25) is 15.9 Å². The zero-order chi connectivity index (χ0) is 22.9. The molecule has 0 aliphatic carbocycles. The molecular formula is C17H24F3N3O6S. The number of carboxylic acids is 1. The molecule has 0 bridgehead atoms. The van der Waals surface area contributed by atoms with E-state index in [1.165, 1.54) is 10.6 Å². The van der Waals surface area contributed by atoms with Crippen molar-refractivity contribution in [3.63, 3.8) is 0 Å². The number of hydrogen-bond donors (Lipinski definition) is 2. The highest BCUT2D eigenvalue weighted by Gasteiger charge is 2.52. The maximum absolute atomic E-state index is 12.2. The molecule has 0 spiro atoms. The Balaban J connectivity index is 0.000000396. The van der Waals surface area contributed by atoms with Crippen LogP contribution in [0.5, 0.6) is 0 Å². The number of likely N-dealkylation sites (tertiary alicyclic amines) is 1. The van der Waals surface area contributed by atoms with Crippen molar-refractivity contribution in [2.75, 3.05) is 26.4 Å². The van der Waals surface area contributed by atoms with Gasteiger partial charge in [-0.05, 0) is 31.4 Å². The summed E-state index contributed by atoms with van der Waals surface area (Å²) in [6.07, 6.45) is -3.32. The van der Waals surface area contributed by atoms with Gasteiger partial charge < -0.3 is 14.8 Å². The van der Waals surface area contributed by atoms with Crippen LogP contribution in [0.3, 0.4) is 0 Å². The number of furan rings is 1. The van der Waals surface area contributed by atoms with Gasteiger partial charge in [-0.3, -0.25) is 9.69 Å². The summed E-state index contributed by atoms with van der Waals surface area (Å²) in [5, 5.41) is 9.70. The number of carboxylic acid groups (broad SMARTS) is 1. The number of alkyl halides is 3. The number of nitrogens with one attached hydrogen (secondary N) is 1. The van der Waals surface area contributed by atoms with Crippen LogP contribution in [-0.2, 0) is 26.2 Å². The van der Waals surface area contributed by atoms with Crippen LogP contribution >= 0.6 is 0 Å². The van der Waals surface area contributed by atoms with E-state index in [9.17, 15) is 26.4 Å². The van der Waals surface area contributed by atoms with Crippen LogP contribution in [-0.4, -0.2) is 79.3 Å². The maximum Gasteiger partial charge on any atom is 0.490 e. The number of nitrogens with zero attached hydrogens (tertiary/aromatic N) is 2. The molecule has 3 heterocycles. The molecule has 30 heavy (non-hydrogen) atoms. The van der Waals surface area contributed by atoms with Gasteiger partial charge in [0.25, 0.3) is 0 Å². The number of hydrogen-bond acceptors (Lipinski definition) is 6. The number of carbonyl (C=O) groups is 2. The first-order valence-electron chi connectivity index (χ1n) is 9.02. The summed E-state index contributed by atoms with van der Waals surface area (Å²) in [4.78, 5) is 23.1. The zero-order valence-corrected chi connectivity index (χ0v) is 17.5. The van der Waals surface area contributed by atoms with Gasteiger partial charge in [-0.1, -0.05) is 0 Å². The molecule has 1 aromatic rings. The summed E-state index contributed by atoms with van der Waals surface area (Å²) in [5.41, 5.74) is 0. The highest BCUT2D eigenvalue weighted by atomic mass is 32.2. The van der Waals surface area contributed by atoms with Crippen molar-refractivity contribution < 1.29 is 40.7 Å². The number of fused-ring (bicyclic) bond motifs is 1. The number of amides is 1. The fourth-order valence-corrected chi connectivity index (χ4v) is 5.24. The third-order valence-corrected chi connectivity index (χ3v) is 6.28. The summed E-state index contributed by atoms with van der Waals surface area (Å²) >= 11 is 0. The van der Waals surface area contributed by atoms with Gasteiger partial charge in [0.05, 0.1) is 12.8 Å². The van der Waals surface area contributed by atoms with Crippen molar-refractivity contribution in [2.45, 2.75) is 38.1 Å². The number of carbonyl (C=O) groups excluding carboxylic acids is 1. The number of aliphatic carboxylic acids is 1. The summed E-state index contributed by atoms with van der Waals surface area (Å²) in [6.45, 7) is 3.99. The first-order chi connectivity index (χ1) is 13.7. The molecule has 1 amide bonds. The fraction of sp³-hybridized carbons (Fsp3) is 0.647. The molecule has 0 aromatic carbocycles. The van der Waals surface area contributed by atoms with E-state index in [0.717, 1.165) is 18.1 Å². The average Bonchev–Trinajstić information content (AvgIpc) is 3.27. The van der Waals surface area contributed by atoms with Crippen molar-refractivity contribution >= 4 is 21.9 Å². The molecule has 3 rings (SSSR count). The van der Waals surface area contributed by atoms with E-state index in [4.69, 9.17) is 14.3 Å². The topological polar surface area (TPSA) is 120 Å². The Labute approximate surface area is 171 Å². The van der Waals surface area contributed by atoms with E-state index < -0.39 is 28.2 Å². The Morgan fingerprint density at radius 1 is 1.30 bits per heavy atom. The molecule has 1 aromatic heterocycles. The smallest absolute Gasteiger partial charge is 0.475 e. The van der Waals surface area contributed by atoms with Crippen molar-refractivity contribution in [3.8, 4) is 0 Å². The lowest BCUT2D eigenvalue weighted by Gasteiger charge is -2.27. The van der Waals surface area contributed by atoms with E-state index in [2.05, 4.69) is 10.2 Å². The third kappa shape index (κ3) is 5.73. The number of likely N-dealkylation sites (N-methyl/N-ethyl adjacent to an activating group) is 1. The Bertz CT molecular complexity index is 886. The van der Waals surface area contributed by atoms with Crippen LogP contribution in [0.2, 0.25) is 0 Å². The van der Waals surface area contributed by atoms with Crippen LogP contribution in [0.4, 0.5) is 13.2 Å². The van der Waals surface area contributed by atoms with Gasteiger partial charge in [0.15, 0.2) is 0 Å². The zero-order valence-electron chi connectivity index (χ0n) is 16.6. The quantitative estimate of drug-likeness (QED) is 0.689. The highest BCUT2D eigenvalue weighted by Crippen LogP contribution is 2.38. The van der Waals surface area contributed by atoms with E-state index >= 15 is 0 Å². The second-order valence-corrected chi connectivity index (χ2v) is 9.18. The maximum atomic E-state index is 12.2. The Kier molecular flexibility index (Phi) is 7.20. The van der Waals surface area contributed by atoms with E-state index in [1.807, 2.05) is 19.1 Å². The molecule has 0 unspecified atom stereocenters. The summed E-state index contributed by atoms with van der Waals surface area (Å²) < 4.78 is 63.1. The van der Waals surface area contributed by atoms with Gasteiger partial charge in [-0.15, -0.1) is 0 Å². The Morgan fingerprint density at radius 2 is 1.90 bits per heavy atom. The number of aryl methyl sites for hydroxylation is 1. The second kappa shape index (κ2) is 8.94. The number of halogens is 3. The molecule has 2 aliphatic heterocycles. The molecule has 13 heteroatoms. The van der Waals surface area contributed by atoms with Gasteiger partial charge in [-0.2, -0.15) is 17.5 Å². The van der Waals surface area contributed by atoms with Crippen molar-refractivity contribution in [3.05, 3.63) is 23.7 Å². The predicted octanol–water partition coefficient (Wildman–Crippen LogP) is 0.802. The molecule has 2 aliphatic rings. The molecule has 2 fully saturated rings. The van der Waals surface area contributed by atoms with E-state index in [1.54, 1.807) is 7.05 Å². The van der Waals surface area contributed by atoms with Crippen LogP contribution in [0.15, 0.2) is 16.5 Å². The van der Waals surface area contributed by atoms with Gasteiger partial charge in [0, 0.05) is 26.2 Å². The second-order valence-electron chi connectivity index (χ2n) is 7.30. The first kappa shape index (κ1) is 24.2. The van der Waals surface area contributed by atoms with Crippen molar-refractivity contribution in [2.24, 2.45) is 5.92 Å². The summed E-state index contributed by atoms with van der Waals surface area (Å²) in [6, 6.07) is 3.16. The van der Waals surface area contributed by atoms with Gasteiger partial charge in [-0.25, -0.2) is 13.2 Å². The molecule has 3 atom stereocenters. The molecule has 0 saturated carbocycles. The lowest BCUT2D eigenvalue weighted by atomic mass is 10.0. The Hall–Kier alpha value is -2.12. The lowest BCUT2D eigenvalue weighted by Crippen LogP contribution is -2.49. The molecular weight excluding hydrogens is 431 g/mol. The normalized spacial score (nSPS) is 24.8. The van der Waals surface area contributed by atoms with Crippen LogP contribution < -0.4 is 5.32 Å². The highest BCUT2D eigenvalue weighted by molar-refractivity contribution is 7.88. The molecule has 9 nitrogen and oxygen atoms in total. The largest absolute Gasteiger partial charge is 0.490 e. The van der Waals surface area contributed by atoms with Gasteiger partial charge in [0.1, 0.15) is 17.6 Å². The molecule has 2 N–H and O–H groups in total. The molecule has 2 saturated heterocycles. The first-order valence-corrected chi connectivity index (χ1v) is 10.9. The number of rotatable bonds is 4. The fourth-order valence-electron chi connectivity index (χ4n) is 3.87. The van der Waals surface area contributed by atoms with Crippen LogP contribution in [0, 0.1) is 12.8 Å². The third-order valence-electron chi connectivity index (χ3n) is 4.99. The minimum Gasteiger partial charge on any atom is -0.475 e. The summed E-state index contributed by atoms with van der Waals surface area (Å²) in [5.74, 6) is -1.04. The molecule has 0 radical (unpaired) electrons. The average molecular weight is 455 g/mol. The lowest BCUT2D eigenvalue weighted by molar-refractivity contribution is -0.192. The molecule has 170 valence electrons. The van der Waals surface area contributed by atoms with Crippen molar-refractivity contribution in [1.82, 2.24) is 14.5 Å². The number of sulfonamides is 1. The SMILES string of the molecule is CNC(=O)[C@H]1C[C@@H]2CN(Cc3ccc(C)o3)C[C@@H]2N1S(C)(=O)=O.O=C(O)C(F)(F)F.